The molecule has 23 heavy (non-hydrogen) atoms. The average molecular weight is 333 g/mol. The summed E-state index contributed by atoms with van der Waals surface area (Å²) in [6, 6.07) is 10.7. The van der Waals surface area contributed by atoms with E-state index in [9.17, 15) is 18.3 Å². The molecule has 4 N–H and O–H groups in total. The van der Waals surface area contributed by atoms with Crippen LogP contribution >= 0.6 is 0 Å². The molecule has 2 aromatic carbocycles. The lowest BCUT2D eigenvalue weighted by Gasteiger charge is -2.18. The van der Waals surface area contributed by atoms with Gasteiger partial charge >= 0.3 is 0 Å². The zero-order valence-corrected chi connectivity index (χ0v) is 12.9. The molecule has 0 unspecified atom stereocenters. The van der Waals surface area contributed by atoms with Crippen LogP contribution in [-0.2, 0) is 16.4 Å². The smallest absolute Gasteiger partial charge is 0.258 e. The Balaban J connectivity index is 2.01. The second-order valence-electron chi connectivity index (χ2n) is 5.13. The summed E-state index contributed by atoms with van der Waals surface area (Å²) in [5.41, 5.74) is 1.54. The minimum absolute atomic E-state index is 0.0748. The van der Waals surface area contributed by atoms with Crippen LogP contribution in [0.5, 0.6) is 5.75 Å². The predicted octanol–water partition coefficient (Wildman–Crippen LogP) is 0.747. The third-order valence-corrected chi connectivity index (χ3v) is 5.06. The van der Waals surface area contributed by atoms with Crippen LogP contribution in [0.15, 0.2) is 47.4 Å². The van der Waals surface area contributed by atoms with E-state index >= 15 is 0 Å². The number of rotatable bonds is 3. The van der Waals surface area contributed by atoms with Gasteiger partial charge in [-0.2, -0.15) is 4.83 Å². The van der Waals surface area contributed by atoms with Crippen molar-refractivity contribution in [1.29, 1.82) is 0 Å². The highest BCUT2D eigenvalue weighted by Gasteiger charge is 2.30. The Kier molecular flexibility index (Phi) is 3.80. The molecule has 3 rings (SSSR count). The number of hydrogen-bond acceptors (Lipinski definition) is 5. The number of nitrogens with zero attached hydrogens (tertiary/aromatic N) is 1. The standard InChI is InChI=1S/C15H15N3O4S/c16-17-23(21,22)14-3-1-2-13-12(14)8-9-18(13)15(20)10-4-6-11(19)7-5-10/h1-7,17,19H,8-9,16H2. The van der Waals surface area contributed by atoms with Crippen molar-refractivity contribution < 1.29 is 18.3 Å². The molecule has 1 aliphatic rings. The summed E-state index contributed by atoms with van der Waals surface area (Å²) in [7, 11) is -3.79. The molecule has 0 radical (unpaired) electrons. The van der Waals surface area contributed by atoms with Crippen molar-refractivity contribution in [2.75, 3.05) is 11.4 Å². The molecule has 0 atom stereocenters. The van der Waals surface area contributed by atoms with Crippen LogP contribution in [0.25, 0.3) is 0 Å². The molecule has 2 aromatic rings. The molecular weight excluding hydrogens is 318 g/mol. The van der Waals surface area contributed by atoms with Crippen molar-refractivity contribution >= 4 is 21.6 Å². The fraction of sp³-hybridized carbons (Fsp3) is 0.133. The highest BCUT2D eigenvalue weighted by atomic mass is 32.2. The molecule has 1 heterocycles. The first-order valence-electron chi connectivity index (χ1n) is 6.89. The summed E-state index contributed by atoms with van der Waals surface area (Å²) in [5.74, 6) is 4.91. The van der Waals surface area contributed by atoms with Crippen molar-refractivity contribution in [3.63, 3.8) is 0 Å². The average Bonchev–Trinajstić information content (AvgIpc) is 2.98. The lowest BCUT2D eigenvalue weighted by Crippen LogP contribution is -2.31. The number of sulfonamides is 1. The summed E-state index contributed by atoms with van der Waals surface area (Å²) in [6.07, 6.45) is 0.427. The Labute approximate surface area is 133 Å². The van der Waals surface area contributed by atoms with E-state index in [4.69, 9.17) is 5.84 Å². The number of fused-ring (bicyclic) bond motifs is 1. The van der Waals surface area contributed by atoms with E-state index < -0.39 is 10.0 Å². The van der Waals surface area contributed by atoms with Gasteiger partial charge in [0.1, 0.15) is 5.75 Å². The summed E-state index contributed by atoms with van der Waals surface area (Å²) in [4.78, 5) is 16.0. The molecule has 1 aliphatic heterocycles. The number of carbonyl (C=O) groups excluding carboxylic acids is 1. The van der Waals surface area contributed by atoms with Gasteiger partial charge in [-0.15, -0.1) is 0 Å². The van der Waals surface area contributed by atoms with Crippen molar-refractivity contribution in [2.24, 2.45) is 5.84 Å². The third kappa shape index (κ3) is 2.67. The summed E-state index contributed by atoms with van der Waals surface area (Å²) < 4.78 is 24.0. The highest BCUT2D eigenvalue weighted by Crippen LogP contribution is 2.33. The largest absolute Gasteiger partial charge is 0.508 e. The van der Waals surface area contributed by atoms with Crippen molar-refractivity contribution in [3.05, 3.63) is 53.6 Å². The number of phenolic OH excluding ortho intramolecular Hbond substituents is 1. The van der Waals surface area contributed by atoms with Gasteiger partial charge in [-0.1, -0.05) is 6.07 Å². The lowest BCUT2D eigenvalue weighted by atomic mass is 10.1. The zero-order valence-electron chi connectivity index (χ0n) is 12.1. The van der Waals surface area contributed by atoms with Gasteiger partial charge in [0.05, 0.1) is 4.90 Å². The molecule has 0 saturated carbocycles. The maximum Gasteiger partial charge on any atom is 0.258 e. The molecule has 7 nitrogen and oxygen atoms in total. The number of aromatic hydroxyl groups is 1. The van der Waals surface area contributed by atoms with Crippen LogP contribution in [0.4, 0.5) is 5.69 Å². The van der Waals surface area contributed by atoms with E-state index in [-0.39, 0.29) is 16.6 Å². The van der Waals surface area contributed by atoms with Gasteiger partial charge in [0, 0.05) is 17.8 Å². The number of nitrogens with two attached hydrogens (primary N) is 1. The number of phenols is 1. The lowest BCUT2D eigenvalue weighted by molar-refractivity contribution is 0.0989. The van der Waals surface area contributed by atoms with Gasteiger partial charge in [-0.3, -0.25) is 10.6 Å². The molecule has 0 aromatic heterocycles. The summed E-state index contributed by atoms with van der Waals surface area (Å²) in [6.45, 7) is 0.381. The number of nitrogens with one attached hydrogen (secondary N) is 1. The van der Waals surface area contributed by atoms with E-state index in [2.05, 4.69) is 0 Å². The molecule has 0 saturated heterocycles. The predicted molar refractivity (Wildman–Crippen MR) is 84.4 cm³/mol. The Morgan fingerprint density at radius 3 is 2.52 bits per heavy atom. The molecule has 0 spiro atoms. The van der Waals surface area contributed by atoms with Crippen LogP contribution in [-0.4, -0.2) is 26.0 Å². The maximum atomic E-state index is 12.6. The third-order valence-electron chi connectivity index (χ3n) is 3.79. The van der Waals surface area contributed by atoms with Crippen molar-refractivity contribution in [1.82, 2.24) is 4.83 Å². The van der Waals surface area contributed by atoms with E-state index in [0.717, 1.165) is 0 Å². The second-order valence-corrected chi connectivity index (χ2v) is 6.81. The van der Waals surface area contributed by atoms with Gasteiger partial charge in [0.15, 0.2) is 0 Å². The Bertz CT molecular complexity index is 863. The van der Waals surface area contributed by atoms with E-state index in [1.165, 1.54) is 35.2 Å². The fourth-order valence-electron chi connectivity index (χ4n) is 2.69. The first-order valence-corrected chi connectivity index (χ1v) is 8.37. The topological polar surface area (TPSA) is 113 Å². The quantitative estimate of drug-likeness (QED) is 0.567. The Morgan fingerprint density at radius 2 is 1.87 bits per heavy atom. The zero-order chi connectivity index (χ0) is 16.6. The first-order chi connectivity index (χ1) is 10.9. The van der Waals surface area contributed by atoms with Gasteiger partial charge in [-0.25, -0.2) is 8.42 Å². The monoisotopic (exact) mass is 333 g/mol. The highest BCUT2D eigenvalue weighted by molar-refractivity contribution is 7.89. The van der Waals surface area contributed by atoms with Crippen molar-refractivity contribution in [2.45, 2.75) is 11.3 Å². The Hall–Kier alpha value is -2.42. The molecule has 0 bridgehead atoms. The van der Waals surface area contributed by atoms with E-state index in [1.54, 1.807) is 12.1 Å². The Morgan fingerprint density at radius 1 is 1.17 bits per heavy atom. The fourth-order valence-corrected chi connectivity index (χ4v) is 3.60. The molecule has 8 heteroatoms. The number of amides is 1. The number of benzene rings is 2. The molecule has 1 amide bonds. The molecule has 0 aliphatic carbocycles. The normalized spacial score (nSPS) is 13.9. The van der Waals surface area contributed by atoms with Gasteiger partial charge in [0.25, 0.3) is 15.9 Å². The van der Waals surface area contributed by atoms with Crippen LogP contribution in [0.1, 0.15) is 15.9 Å². The van der Waals surface area contributed by atoms with Gasteiger partial charge in [-0.05, 0) is 48.4 Å². The molecule has 0 fully saturated rings. The molecular formula is C15H15N3O4S. The number of anilines is 1. The number of hydrogen-bond donors (Lipinski definition) is 3. The second kappa shape index (κ2) is 5.65. The molecule has 120 valence electrons. The first kappa shape index (κ1) is 15.5. The summed E-state index contributed by atoms with van der Waals surface area (Å²) >= 11 is 0. The number of carbonyl (C=O) groups is 1. The van der Waals surface area contributed by atoms with E-state index in [0.29, 0.717) is 29.8 Å². The van der Waals surface area contributed by atoms with Crippen LogP contribution in [0.2, 0.25) is 0 Å². The van der Waals surface area contributed by atoms with Crippen molar-refractivity contribution in [3.8, 4) is 5.75 Å². The van der Waals surface area contributed by atoms with Gasteiger partial charge < -0.3 is 10.0 Å². The summed E-state index contributed by atoms with van der Waals surface area (Å²) in [5, 5.41) is 9.30. The minimum Gasteiger partial charge on any atom is -0.508 e. The van der Waals surface area contributed by atoms with Gasteiger partial charge in [0.2, 0.25) is 0 Å². The van der Waals surface area contributed by atoms with Crippen LogP contribution in [0.3, 0.4) is 0 Å². The minimum atomic E-state index is -3.79. The van der Waals surface area contributed by atoms with Crippen LogP contribution < -0.4 is 15.6 Å². The van der Waals surface area contributed by atoms with Crippen LogP contribution in [0, 0.1) is 0 Å². The SMILES string of the molecule is NNS(=O)(=O)c1cccc2c1CCN2C(=O)c1ccc(O)cc1. The maximum absolute atomic E-state index is 12.6. The number of hydrazine groups is 1. The van der Waals surface area contributed by atoms with E-state index in [1.807, 2.05) is 4.83 Å².